The third-order valence-electron chi connectivity index (χ3n) is 3.61. The van der Waals surface area contributed by atoms with Gasteiger partial charge in [-0.1, -0.05) is 13.3 Å². The van der Waals surface area contributed by atoms with Crippen LogP contribution in [0.2, 0.25) is 0 Å². The quantitative estimate of drug-likeness (QED) is 0.848. The Morgan fingerprint density at radius 2 is 2.29 bits per heavy atom. The van der Waals surface area contributed by atoms with E-state index in [1.54, 1.807) is 5.38 Å². The SMILES string of the molecule is CCN1CCCCC1CNC(=O)c1csc(CN)n1.Cl.Cl. The first-order valence-corrected chi connectivity index (χ1v) is 7.79. The van der Waals surface area contributed by atoms with Crippen molar-refractivity contribution in [3.8, 4) is 0 Å². The number of nitrogens with zero attached hydrogens (tertiary/aromatic N) is 2. The highest BCUT2D eigenvalue weighted by molar-refractivity contribution is 7.09. The van der Waals surface area contributed by atoms with E-state index < -0.39 is 0 Å². The van der Waals surface area contributed by atoms with Gasteiger partial charge in [-0.25, -0.2) is 4.98 Å². The van der Waals surface area contributed by atoms with E-state index >= 15 is 0 Å². The molecule has 0 aliphatic carbocycles. The molecule has 0 spiro atoms. The molecule has 1 saturated heterocycles. The molecule has 0 saturated carbocycles. The van der Waals surface area contributed by atoms with Crippen molar-refractivity contribution in [3.05, 3.63) is 16.1 Å². The van der Waals surface area contributed by atoms with Gasteiger partial charge in [-0.05, 0) is 25.9 Å². The third kappa shape index (κ3) is 5.71. The molecule has 2 rings (SSSR count). The van der Waals surface area contributed by atoms with E-state index in [1.807, 2.05) is 0 Å². The van der Waals surface area contributed by atoms with Crippen LogP contribution in [0.5, 0.6) is 0 Å². The summed E-state index contributed by atoms with van der Waals surface area (Å²) in [6.45, 7) is 5.47. The van der Waals surface area contributed by atoms with Gasteiger partial charge in [0, 0.05) is 24.5 Å². The van der Waals surface area contributed by atoms with E-state index in [2.05, 4.69) is 22.1 Å². The zero-order valence-electron chi connectivity index (χ0n) is 12.2. The van der Waals surface area contributed by atoms with Crippen LogP contribution >= 0.6 is 36.2 Å². The van der Waals surface area contributed by atoms with Crippen molar-refractivity contribution in [1.82, 2.24) is 15.2 Å². The maximum Gasteiger partial charge on any atom is 0.270 e. The molecule has 5 nitrogen and oxygen atoms in total. The number of amides is 1. The second kappa shape index (κ2) is 10.3. The number of aromatic nitrogens is 1. The van der Waals surface area contributed by atoms with Crippen molar-refractivity contribution < 1.29 is 4.79 Å². The monoisotopic (exact) mass is 354 g/mol. The number of hydrogen-bond donors (Lipinski definition) is 2. The minimum absolute atomic E-state index is 0. The maximum absolute atomic E-state index is 12.0. The molecule has 1 unspecified atom stereocenters. The van der Waals surface area contributed by atoms with Crippen LogP contribution < -0.4 is 11.1 Å². The molecule has 3 N–H and O–H groups in total. The molecular formula is C13H24Cl2N4OS. The summed E-state index contributed by atoms with van der Waals surface area (Å²) in [5.41, 5.74) is 5.99. The largest absolute Gasteiger partial charge is 0.349 e. The van der Waals surface area contributed by atoms with Crippen LogP contribution in [0, 0.1) is 0 Å². The molecule has 21 heavy (non-hydrogen) atoms. The zero-order valence-corrected chi connectivity index (χ0v) is 14.7. The van der Waals surface area contributed by atoms with E-state index in [0.717, 1.165) is 18.1 Å². The average molecular weight is 355 g/mol. The van der Waals surface area contributed by atoms with Crippen molar-refractivity contribution in [2.75, 3.05) is 19.6 Å². The Hall–Kier alpha value is -0.400. The van der Waals surface area contributed by atoms with Gasteiger partial charge in [0.2, 0.25) is 0 Å². The number of nitrogens with two attached hydrogens (primary N) is 1. The van der Waals surface area contributed by atoms with Crippen LogP contribution in [0.4, 0.5) is 0 Å². The first-order valence-electron chi connectivity index (χ1n) is 6.91. The number of likely N-dealkylation sites (N-methyl/N-ethyl adjacent to an activating group) is 1. The highest BCUT2D eigenvalue weighted by Gasteiger charge is 2.21. The second-order valence-electron chi connectivity index (χ2n) is 4.82. The minimum atomic E-state index is -0.0856. The summed E-state index contributed by atoms with van der Waals surface area (Å²) >= 11 is 1.44. The summed E-state index contributed by atoms with van der Waals surface area (Å²) in [5, 5.41) is 5.57. The van der Waals surface area contributed by atoms with Crippen molar-refractivity contribution in [3.63, 3.8) is 0 Å². The van der Waals surface area contributed by atoms with E-state index in [1.165, 1.54) is 30.6 Å². The van der Waals surface area contributed by atoms with Gasteiger partial charge in [0.25, 0.3) is 5.91 Å². The van der Waals surface area contributed by atoms with Gasteiger partial charge in [0.05, 0.1) is 0 Å². The Morgan fingerprint density at radius 3 is 2.90 bits per heavy atom. The fraction of sp³-hybridized carbons (Fsp3) is 0.692. The molecule has 1 atom stereocenters. The van der Waals surface area contributed by atoms with Crippen LogP contribution in [0.25, 0.3) is 0 Å². The number of carbonyl (C=O) groups is 1. The van der Waals surface area contributed by atoms with Gasteiger partial charge in [0.1, 0.15) is 10.7 Å². The van der Waals surface area contributed by atoms with Crippen molar-refractivity contribution in [2.45, 2.75) is 38.8 Å². The van der Waals surface area contributed by atoms with Crippen molar-refractivity contribution in [1.29, 1.82) is 0 Å². The lowest BCUT2D eigenvalue weighted by Crippen LogP contribution is -2.46. The number of piperidine rings is 1. The highest BCUT2D eigenvalue weighted by Crippen LogP contribution is 2.16. The van der Waals surface area contributed by atoms with Gasteiger partial charge in [-0.15, -0.1) is 36.2 Å². The molecule has 1 aliphatic heterocycles. The predicted molar refractivity (Wildman–Crippen MR) is 91.7 cm³/mol. The Balaban J connectivity index is 0.00000200. The summed E-state index contributed by atoms with van der Waals surface area (Å²) < 4.78 is 0. The lowest BCUT2D eigenvalue weighted by atomic mass is 10.0. The van der Waals surface area contributed by atoms with Crippen LogP contribution in [0.1, 0.15) is 41.7 Å². The zero-order chi connectivity index (χ0) is 13.7. The number of likely N-dealkylation sites (tertiary alicyclic amines) is 1. The Morgan fingerprint density at radius 1 is 1.52 bits per heavy atom. The molecule has 1 aliphatic rings. The molecule has 1 amide bonds. The lowest BCUT2D eigenvalue weighted by Gasteiger charge is -2.34. The van der Waals surface area contributed by atoms with E-state index in [4.69, 9.17) is 5.73 Å². The average Bonchev–Trinajstić information content (AvgIpc) is 2.94. The Bertz CT molecular complexity index is 430. The summed E-state index contributed by atoms with van der Waals surface area (Å²) in [7, 11) is 0. The van der Waals surface area contributed by atoms with E-state index in [-0.39, 0.29) is 30.7 Å². The maximum atomic E-state index is 12.0. The Kier molecular flexibility index (Phi) is 10.1. The lowest BCUT2D eigenvalue weighted by molar-refractivity contribution is 0.0913. The summed E-state index contributed by atoms with van der Waals surface area (Å²) in [6.07, 6.45) is 3.69. The normalized spacial score (nSPS) is 18.5. The predicted octanol–water partition coefficient (Wildman–Crippen LogP) is 2.05. The third-order valence-corrected chi connectivity index (χ3v) is 4.48. The highest BCUT2D eigenvalue weighted by atomic mass is 35.5. The molecule has 122 valence electrons. The van der Waals surface area contributed by atoms with Gasteiger partial charge < -0.3 is 11.1 Å². The van der Waals surface area contributed by atoms with Crippen LogP contribution in [-0.4, -0.2) is 41.5 Å². The number of rotatable bonds is 5. The van der Waals surface area contributed by atoms with Gasteiger partial charge in [0.15, 0.2) is 0 Å². The van der Waals surface area contributed by atoms with Gasteiger partial charge in [-0.2, -0.15) is 0 Å². The standard InChI is InChI=1S/C13H22N4OS.2ClH/c1-2-17-6-4-3-5-10(17)8-15-13(18)11-9-19-12(7-14)16-11;;/h9-10H,2-8,14H2,1H3,(H,15,18);2*1H. The van der Waals surface area contributed by atoms with Crippen LogP contribution in [-0.2, 0) is 6.54 Å². The second-order valence-corrected chi connectivity index (χ2v) is 5.76. The number of nitrogens with one attached hydrogen (secondary N) is 1. The van der Waals surface area contributed by atoms with Crippen LogP contribution in [0.3, 0.4) is 0 Å². The number of halogens is 2. The fourth-order valence-electron chi connectivity index (χ4n) is 2.52. The minimum Gasteiger partial charge on any atom is -0.349 e. The fourth-order valence-corrected chi connectivity index (χ4v) is 3.17. The molecule has 8 heteroatoms. The van der Waals surface area contributed by atoms with Crippen molar-refractivity contribution >= 4 is 42.1 Å². The van der Waals surface area contributed by atoms with E-state index in [9.17, 15) is 4.79 Å². The molecule has 2 heterocycles. The Labute approximate surface area is 142 Å². The van der Waals surface area contributed by atoms with Gasteiger partial charge >= 0.3 is 0 Å². The molecule has 0 bridgehead atoms. The summed E-state index contributed by atoms with van der Waals surface area (Å²) in [5.74, 6) is -0.0856. The molecule has 0 aromatic carbocycles. The molecule has 1 fully saturated rings. The summed E-state index contributed by atoms with van der Waals surface area (Å²) in [4.78, 5) is 18.6. The first-order chi connectivity index (χ1) is 9.24. The molecule has 0 radical (unpaired) electrons. The van der Waals surface area contributed by atoms with Crippen molar-refractivity contribution in [2.24, 2.45) is 5.73 Å². The number of hydrogen-bond acceptors (Lipinski definition) is 5. The number of carbonyl (C=O) groups excluding carboxylic acids is 1. The smallest absolute Gasteiger partial charge is 0.270 e. The van der Waals surface area contributed by atoms with Crippen LogP contribution in [0.15, 0.2) is 5.38 Å². The summed E-state index contributed by atoms with van der Waals surface area (Å²) in [6, 6.07) is 0.468. The molecule has 1 aromatic heterocycles. The molecular weight excluding hydrogens is 331 g/mol. The first kappa shape index (κ1) is 20.6. The topological polar surface area (TPSA) is 71.2 Å². The molecule has 1 aromatic rings. The van der Waals surface area contributed by atoms with E-state index in [0.29, 0.717) is 24.8 Å². The number of thiazole rings is 1. The van der Waals surface area contributed by atoms with Gasteiger partial charge in [-0.3, -0.25) is 9.69 Å².